The predicted molar refractivity (Wildman–Crippen MR) is 137 cm³/mol. The lowest BCUT2D eigenvalue weighted by molar-refractivity contribution is -0.136. The first-order valence-corrected chi connectivity index (χ1v) is 13.8. The Kier molecular flexibility index (Phi) is 8.25. The summed E-state index contributed by atoms with van der Waals surface area (Å²) in [5.41, 5.74) is 1.59. The van der Waals surface area contributed by atoms with Gasteiger partial charge in [-0.05, 0) is 64.2 Å². The molecule has 2 aliphatic heterocycles. The van der Waals surface area contributed by atoms with E-state index < -0.39 is 18.6 Å². The Bertz CT molecular complexity index is 1080. The van der Waals surface area contributed by atoms with Gasteiger partial charge in [-0.15, -0.1) is 0 Å². The largest absolute Gasteiger partial charge is 0.474 e. The number of rotatable bonds is 9. The topological polar surface area (TPSA) is 92.6 Å². The molecule has 3 fully saturated rings. The van der Waals surface area contributed by atoms with Gasteiger partial charge in [0.2, 0.25) is 11.8 Å². The number of aliphatic hydroxyl groups excluding tert-OH is 1. The van der Waals surface area contributed by atoms with Crippen molar-refractivity contribution in [2.45, 2.75) is 107 Å². The number of pyridine rings is 1. The van der Waals surface area contributed by atoms with Crippen LogP contribution in [0.25, 0.3) is 10.9 Å². The van der Waals surface area contributed by atoms with E-state index in [4.69, 9.17) is 14.5 Å². The Morgan fingerprint density at radius 1 is 1.08 bits per heavy atom. The zero-order chi connectivity index (χ0) is 26.9. The van der Waals surface area contributed by atoms with E-state index in [1.165, 1.54) is 6.92 Å². The molecule has 0 amide bonds. The fourth-order valence-electron chi connectivity index (χ4n) is 6.53. The monoisotopic (exact) mass is 537 g/mol. The van der Waals surface area contributed by atoms with E-state index in [-0.39, 0.29) is 24.1 Å². The van der Waals surface area contributed by atoms with Crippen molar-refractivity contribution in [1.29, 1.82) is 0 Å². The number of aliphatic hydroxyl groups is 1. The third kappa shape index (κ3) is 6.31. The number of hydrogen-bond acceptors (Lipinski definition) is 8. The van der Waals surface area contributed by atoms with E-state index in [0.717, 1.165) is 57.2 Å². The molecule has 1 aliphatic carbocycles. The van der Waals surface area contributed by atoms with Crippen molar-refractivity contribution in [3.8, 4) is 5.88 Å². The summed E-state index contributed by atoms with van der Waals surface area (Å²) in [7, 11) is 1.73. The first-order chi connectivity index (χ1) is 18.2. The molecule has 5 rings (SSSR count). The zero-order valence-electron chi connectivity index (χ0n) is 22.1. The number of anilines is 1. The molecule has 2 bridgehead atoms. The van der Waals surface area contributed by atoms with Crippen LogP contribution in [0.1, 0.15) is 76.2 Å². The number of hydrogen-bond donors (Lipinski definition) is 2. The van der Waals surface area contributed by atoms with E-state index in [1.54, 1.807) is 19.5 Å². The van der Waals surface area contributed by atoms with Crippen LogP contribution in [0, 0.1) is 0 Å². The molecule has 11 heteroatoms. The summed E-state index contributed by atoms with van der Waals surface area (Å²) >= 11 is 0. The number of halogens is 3. The van der Waals surface area contributed by atoms with Gasteiger partial charge in [-0.1, -0.05) is 0 Å². The van der Waals surface area contributed by atoms with Gasteiger partial charge in [0.05, 0.1) is 30.0 Å². The van der Waals surface area contributed by atoms with Gasteiger partial charge in [-0.3, -0.25) is 4.90 Å². The Balaban J connectivity index is 1.39. The molecular weight excluding hydrogens is 499 g/mol. The lowest BCUT2D eigenvalue weighted by Gasteiger charge is -2.38. The van der Waals surface area contributed by atoms with E-state index >= 15 is 0 Å². The number of nitrogens with zero attached hydrogens (tertiary/aromatic N) is 4. The van der Waals surface area contributed by atoms with Gasteiger partial charge in [0.25, 0.3) is 0 Å². The average Bonchev–Trinajstić information content (AvgIpc) is 3.09. The average molecular weight is 538 g/mol. The third-order valence-corrected chi connectivity index (χ3v) is 8.34. The van der Waals surface area contributed by atoms with Crippen molar-refractivity contribution in [1.82, 2.24) is 19.9 Å². The van der Waals surface area contributed by atoms with Crippen LogP contribution in [0.2, 0.25) is 0 Å². The van der Waals surface area contributed by atoms with Crippen molar-refractivity contribution >= 4 is 16.9 Å². The molecule has 2 aromatic heterocycles. The van der Waals surface area contributed by atoms with E-state index in [1.807, 2.05) is 0 Å². The first-order valence-electron chi connectivity index (χ1n) is 13.8. The molecule has 210 valence electrons. The Hall–Kier alpha value is -2.24. The number of aromatic nitrogens is 3. The lowest BCUT2D eigenvalue weighted by atomic mass is 9.83. The minimum atomic E-state index is -4.28. The molecule has 0 unspecified atom stereocenters. The predicted octanol–water partition coefficient (Wildman–Crippen LogP) is 4.82. The fraction of sp³-hybridized carbons (Fsp3) is 0.741. The van der Waals surface area contributed by atoms with Gasteiger partial charge in [0.1, 0.15) is 6.10 Å². The quantitative estimate of drug-likeness (QED) is 0.471. The van der Waals surface area contributed by atoms with Crippen LogP contribution in [0.5, 0.6) is 5.88 Å². The Labute approximate surface area is 221 Å². The van der Waals surface area contributed by atoms with Crippen LogP contribution in [0.15, 0.2) is 12.4 Å². The number of ether oxygens (including phenoxy) is 2. The van der Waals surface area contributed by atoms with Gasteiger partial charge >= 0.3 is 6.18 Å². The maximum Gasteiger partial charge on any atom is 0.391 e. The second-order valence-electron chi connectivity index (χ2n) is 11.2. The third-order valence-electron chi connectivity index (χ3n) is 8.34. The first kappa shape index (κ1) is 27.3. The van der Waals surface area contributed by atoms with Crippen molar-refractivity contribution < 1.29 is 27.8 Å². The van der Waals surface area contributed by atoms with Gasteiger partial charge in [0, 0.05) is 49.7 Å². The molecule has 2 saturated heterocycles. The van der Waals surface area contributed by atoms with Crippen molar-refractivity contribution in [2.24, 2.45) is 0 Å². The van der Waals surface area contributed by atoms with Crippen LogP contribution in [-0.4, -0.2) is 81.7 Å². The summed E-state index contributed by atoms with van der Waals surface area (Å²) in [5.74, 6) is 0.801. The second-order valence-corrected chi connectivity index (χ2v) is 11.2. The van der Waals surface area contributed by atoms with E-state index in [2.05, 4.69) is 20.2 Å². The summed E-state index contributed by atoms with van der Waals surface area (Å²) in [6.07, 6.45) is 5.07. The van der Waals surface area contributed by atoms with Crippen LogP contribution in [0.4, 0.5) is 19.1 Å². The highest BCUT2D eigenvalue weighted by atomic mass is 19.4. The molecule has 3 aliphatic rings. The SMILES string of the molecule is COCCN1[C@@H]2CC[C@H]1C[C@H](Oc1ncc([C@H]3CC[C@H](O)CC3)c3nc(N[C@@H](C)CC(F)(F)F)ncc13)C2. The van der Waals surface area contributed by atoms with Gasteiger partial charge in [-0.25, -0.2) is 15.0 Å². The van der Waals surface area contributed by atoms with Crippen LogP contribution in [0.3, 0.4) is 0 Å². The molecule has 1 saturated carbocycles. The molecule has 4 heterocycles. The molecule has 2 aromatic rings. The van der Waals surface area contributed by atoms with Gasteiger partial charge in [-0.2, -0.15) is 13.2 Å². The van der Waals surface area contributed by atoms with Crippen LogP contribution in [-0.2, 0) is 4.74 Å². The maximum absolute atomic E-state index is 12.9. The Morgan fingerprint density at radius 2 is 1.79 bits per heavy atom. The summed E-state index contributed by atoms with van der Waals surface area (Å²) in [4.78, 5) is 16.3. The summed E-state index contributed by atoms with van der Waals surface area (Å²) < 4.78 is 50.4. The highest BCUT2D eigenvalue weighted by molar-refractivity contribution is 5.86. The zero-order valence-corrected chi connectivity index (χ0v) is 22.1. The summed E-state index contributed by atoms with van der Waals surface area (Å²) in [5, 5.41) is 13.5. The van der Waals surface area contributed by atoms with Crippen molar-refractivity contribution in [3.05, 3.63) is 18.0 Å². The molecule has 0 spiro atoms. The molecule has 4 atom stereocenters. The van der Waals surface area contributed by atoms with E-state index in [0.29, 0.717) is 41.7 Å². The number of fused-ring (bicyclic) bond motifs is 3. The fourth-order valence-corrected chi connectivity index (χ4v) is 6.53. The standard InChI is InChI=1S/C27H38F3N5O3/c1-16(13-27(28,29)30)33-26-32-15-23-24(34-26)22(17-3-7-20(36)8-4-17)14-31-25(23)38-21-11-18-5-6-19(12-21)35(18)9-10-37-2/h14-21,36H,3-13H2,1-2H3,(H,32,33,34)/t16-,17-,18-,19+,20-,21-/m0/s1. The van der Waals surface area contributed by atoms with Gasteiger partial charge in [0.15, 0.2) is 0 Å². The summed E-state index contributed by atoms with van der Waals surface area (Å²) in [6.45, 7) is 3.12. The molecule has 2 N–H and O–H groups in total. The van der Waals surface area contributed by atoms with Gasteiger partial charge < -0.3 is 19.9 Å². The minimum absolute atomic E-state index is 0.0299. The normalized spacial score (nSPS) is 28.9. The van der Waals surface area contributed by atoms with Crippen LogP contribution >= 0.6 is 0 Å². The number of nitrogens with one attached hydrogen (secondary N) is 1. The van der Waals surface area contributed by atoms with Crippen molar-refractivity contribution in [3.63, 3.8) is 0 Å². The highest BCUT2D eigenvalue weighted by Crippen LogP contribution is 2.40. The van der Waals surface area contributed by atoms with E-state index in [9.17, 15) is 18.3 Å². The lowest BCUT2D eigenvalue weighted by Crippen LogP contribution is -2.47. The van der Waals surface area contributed by atoms with Crippen LogP contribution < -0.4 is 10.1 Å². The molecule has 38 heavy (non-hydrogen) atoms. The molecule has 0 radical (unpaired) electrons. The second kappa shape index (κ2) is 11.5. The smallest absolute Gasteiger partial charge is 0.391 e. The highest BCUT2D eigenvalue weighted by Gasteiger charge is 2.41. The maximum atomic E-state index is 12.9. The number of alkyl halides is 3. The number of piperidine rings is 1. The molecule has 0 aromatic carbocycles. The summed E-state index contributed by atoms with van der Waals surface area (Å²) in [6, 6.07) is 0.0719. The minimum Gasteiger partial charge on any atom is -0.474 e. The molecule has 8 nitrogen and oxygen atoms in total. The number of methoxy groups -OCH3 is 1. The van der Waals surface area contributed by atoms with Crippen molar-refractivity contribution in [2.75, 3.05) is 25.6 Å². The molecular formula is C27H38F3N5O3. The Morgan fingerprint density at radius 3 is 2.45 bits per heavy atom.